The van der Waals surface area contributed by atoms with E-state index in [1.54, 1.807) is 45.0 Å². The quantitative estimate of drug-likeness (QED) is 0.426. The Bertz CT molecular complexity index is 1080. The third-order valence-electron chi connectivity index (χ3n) is 6.09. The predicted molar refractivity (Wildman–Crippen MR) is 129 cm³/mol. The molecule has 2 saturated carbocycles. The molecule has 1 aromatic carbocycles. The maximum absolute atomic E-state index is 12.9. The molecule has 1 aromatic rings. The van der Waals surface area contributed by atoms with Crippen LogP contribution in [0.1, 0.15) is 62.4 Å². The third-order valence-corrected chi connectivity index (χ3v) is 6.09. The number of aliphatic hydroxyl groups is 1. The lowest BCUT2D eigenvalue weighted by atomic mass is 9.71. The molecule has 3 rings (SSSR count). The number of hydrogen-bond donors (Lipinski definition) is 3. The minimum atomic E-state index is -1.07. The summed E-state index contributed by atoms with van der Waals surface area (Å²) in [5.41, 5.74) is -0.649. The minimum absolute atomic E-state index is 0.158. The number of amides is 2. The second kappa shape index (κ2) is 10.8. The Balaban J connectivity index is 1.67. The Morgan fingerprint density at radius 1 is 1.17 bits per heavy atom. The van der Waals surface area contributed by atoms with Crippen LogP contribution in [0.4, 0.5) is 4.79 Å². The normalized spacial score (nSPS) is 20.4. The van der Waals surface area contributed by atoms with Gasteiger partial charge in [0.1, 0.15) is 5.60 Å². The van der Waals surface area contributed by atoms with E-state index in [2.05, 4.69) is 34.3 Å². The van der Waals surface area contributed by atoms with E-state index in [1.165, 1.54) is 7.11 Å². The highest BCUT2D eigenvalue weighted by Crippen LogP contribution is 2.37. The molecule has 3 atom stereocenters. The Labute approximate surface area is 206 Å². The lowest BCUT2D eigenvalue weighted by Crippen LogP contribution is -2.69. The molecule has 0 spiro atoms. The number of carbonyl (C=O) groups excluding carboxylic acids is 3. The van der Waals surface area contributed by atoms with Gasteiger partial charge in [-0.25, -0.2) is 9.59 Å². The number of aliphatic hydroxyl groups excluding tert-OH is 1. The number of carbonyl (C=O) groups is 3. The first kappa shape index (κ1) is 26.1. The van der Waals surface area contributed by atoms with Crippen molar-refractivity contribution in [1.29, 1.82) is 0 Å². The van der Waals surface area contributed by atoms with Gasteiger partial charge in [-0.15, -0.1) is 0 Å². The number of rotatable bonds is 6. The smallest absolute Gasteiger partial charge is 0.408 e. The maximum Gasteiger partial charge on any atom is 0.408 e. The number of benzene rings is 1. The topological polar surface area (TPSA) is 114 Å². The van der Waals surface area contributed by atoms with Gasteiger partial charge in [0, 0.05) is 23.7 Å². The molecule has 2 amide bonds. The zero-order valence-corrected chi connectivity index (χ0v) is 20.6. The van der Waals surface area contributed by atoms with Gasteiger partial charge in [0.25, 0.3) is 5.91 Å². The number of nitrogens with one attached hydrogen (secondary N) is 2. The van der Waals surface area contributed by atoms with Crippen LogP contribution in [0.15, 0.2) is 24.3 Å². The molecule has 2 aliphatic carbocycles. The summed E-state index contributed by atoms with van der Waals surface area (Å²) in [5.74, 6) is 10.9. The standard InChI is InChI=1S/C27H32N2O6/c1-26(2,3)35-25(33)29-27(14-7-15-27)22(24(32)34-4)28-23(31)19-12-10-18(11-13-19)8-5-6-9-20-16-21(20)17-30/h10-13,20-22,30H,7,14-17H2,1-4H3,(H,28,31)(H,29,33). The van der Waals surface area contributed by atoms with Crippen molar-refractivity contribution >= 4 is 18.0 Å². The monoisotopic (exact) mass is 480 g/mol. The summed E-state index contributed by atoms with van der Waals surface area (Å²) in [5, 5.41) is 14.6. The van der Waals surface area contributed by atoms with Crippen LogP contribution in [0.2, 0.25) is 0 Å². The first-order chi connectivity index (χ1) is 16.6. The van der Waals surface area contributed by atoms with E-state index >= 15 is 0 Å². The third kappa shape index (κ3) is 7.00. The molecular weight excluding hydrogens is 448 g/mol. The van der Waals surface area contributed by atoms with Crippen molar-refractivity contribution in [3.63, 3.8) is 0 Å². The SMILES string of the molecule is COC(=O)C(NC(=O)c1ccc(C#CC#CC2CC2CO)cc1)C1(NC(=O)OC(C)(C)C)CCC1. The van der Waals surface area contributed by atoms with Crippen molar-refractivity contribution in [2.75, 3.05) is 13.7 Å². The van der Waals surface area contributed by atoms with Gasteiger partial charge >= 0.3 is 12.1 Å². The van der Waals surface area contributed by atoms with E-state index in [9.17, 15) is 14.4 Å². The summed E-state index contributed by atoms with van der Waals surface area (Å²) in [7, 11) is 1.24. The molecule has 3 N–H and O–H groups in total. The van der Waals surface area contributed by atoms with Crippen LogP contribution in [0, 0.1) is 35.5 Å². The van der Waals surface area contributed by atoms with Gasteiger partial charge in [0.15, 0.2) is 6.04 Å². The zero-order chi connectivity index (χ0) is 25.6. The fourth-order valence-electron chi connectivity index (χ4n) is 3.87. The molecule has 2 fully saturated rings. The Morgan fingerprint density at radius 3 is 2.37 bits per heavy atom. The highest BCUT2D eigenvalue weighted by atomic mass is 16.6. The molecule has 0 aliphatic heterocycles. The number of methoxy groups -OCH3 is 1. The average Bonchev–Trinajstić information content (AvgIpc) is 3.55. The number of hydrogen-bond acceptors (Lipinski definition) is 6. The second-order valence-corrected chi connectivity index (χ2v) is 9.95. The van der Waals surface area contributed by atoms with E-state index in [1.807, 2.05) is 0 Å². The van der Waals surface area contributed by atoms with Crippen molar-refractivity contribution in [2.24, 2.45) is 11.8 Å². The molecule has 35 heavy (non-hydrogen) atoms. The van der Waals surface area contributed by atoms with Crippen LogP contribution in [0.3, 0.4) is 0 Å². The van der Waals surface area contributed by atoms with Gasteiger partial charge < -0.3 is 25.2 Å². The summed E-state index contributed by atoms with van der Waals surface area (Å²) in [6.07, 6.45) is 2.05. The van der Waals surface area contributed by atoms with E-state index in [0.29, 0.717) is 24.0 Å². The summed E-state index contributed by atoms with van der Waals surface area (Å²) < 4.78 is 10.3. The summed E-state index contributed by atoms with van der Waals surface area (Å²) in [6.45, 7) is 5.41. The van der Waals surface area contributed by atoms with Crippen molar-refractivity contribution < 1.29 is 29.0 Å². The van der Waals surface area contributed by atoms with Crippen LogP contribution in [0.25, 0.3) is 0 Å². The molecule has 8 heteroatoms. The molecule has 0 saturated heterocycles. The lowest BCUT2D eigenvalue weighted by Gasteiger charge is -2.46. The molecular formula is C27H32N2O6. The van der Waals surface area contributed by atoms with Crippen molar-refractivity contribution in [3.8, 4) is 23.7 Å². The fourth-order valence-corrected chi connectivity index (χ4v) is 3.87. The van der Waals surface area contributed by atoms with Crippen molar-refractivity contribution in [3.05, 3.63) is 35.4 Å². The van der Waals surface area contributed by atoms with Crippen LogP contribution >= 0.6 is 0 Å². The van der Waals surface area contributed by atoms with Crippen molar-refractivity contribution in [1.82, 2.24) is 10.6 Å². The number of esters is 1. The van der Waals surface area contributed by atoms with Crippen molar-refractivity contribution in [2.45, 2.75) is 63.6 Å². The van der Waals surface area contributed by atoms with Gasteiger partial charge in [-0.2, -0.15) is 0 Å². The Kier molecular flexibility index (Phi) is 8.09. The number of ether oxygens (including phenoxy) is 2. The minimum Gasteiger partial charge on any atom is -0.467 e. The van der Waals surface area contributed by atoms with Gasteiger partial charge in [0.05, 0.1) is 12.6 Å². The molecule has 8 nitrogen and oxygen atoms in total. The van der Waals surface area contributed by atoms with Gasteiger partial charge in [-0.3, -0.25) is 4.79 Å². The van der Waals surface area contributed by atoms with Crippen LogP contribution in [0.5, 0.6) is 0 Å². The molecule has 0 heterocycles. The zero-order valence-electron chi connectivity index (χ0n) is 20.6. The van der Waals surface area contributed by atoms with E-state index < -0.39 is 35.2 Å². The van der Waals surface area contributed by atoms with Gasteiger partial charge in [0.2, 0.25) is 0 Å². The summed E-state index contributed by atoms with van der Waals surface area (Å²) in [6, 6.07) is 5.54. The van der Waals surface area contributed by atoms with E-state index in [0.717, 1.165) is 12.8 Å². The van der Waals surface area contributed by atoms with Crippen LogP contribution in [-0.4, -0.2) is 54.0 Å². The molecule has 0 radical (unpaired) electrons. The second-order valence-electron chi connectivity index (χ2n) is 9.95. The molecule has 0 bridgehead atoms. The summed E-state index contributed by atoms with van der Waals surface area (Å²) >= 11 is 0. The van der Waals surface area contributed by atoms with Gasteiger partial charge in [-0.1, -0.05) is 11.8 Å². The van der Waals surface area contributed by atoms with E-state index in [4.69, 9.17) is 14.6 Å². The molecule has 2 aliphatic rings. The molecule has 0 aromatic heterocycles. The Hall–Kier alpha value is -3.49. The van der Waals surface area contributed by atoms with Gasteiger partial charge in [-0.05, 0) is 88.5 Å². The largest absolute Gasteiger partial charge is 0.467 e. The average molecular weight is 481 g/mol. The first-order valence-corrected chi connectivity index (χ1v) is 11.7. The maximum atomic E-state index is 12.9. The number of alkyl carbamates (subject to hydrolysis) is 1. The predicted octanol–water partition coefficient (Wildman–Crippen LogP) is 2.39. The highest BCUT2D eigenvalue weighted by Gasteiger charge is 2.51. The first-order valence-electron chi connectivity index (χ1n) is 11.7. The summed E-state index contributed by atoms with van der Waals surface area (Å²) in [4.78, 5) is 38.0. The Morgan fingerprint density at radius 2 is 1.86 bits per heavy atom. The van der Waals surface area contributed by atoms with Crippen LogP contribution in [-0.2, 0) is 14.3 Å². The molecule has 3 unspecified atom stereocenters. The molecule has 186 valence electrons. The van der Waals surface area contributed by atoms with Crippen LogP contribution < -0.4 is 10.6 Å². The van der Waals surface area contributed by atoms with E-state index in [-0.39, 0.29) is 18.4 Å². The fraction of sp³-hybridized carbons (Fsp3) is 0.519. The highest BCUT2D eigenvalue weighted by molar-refractivity contribution is 5.97. The lowest BCUT2D eigenvalue weighted by molar-refractivity contribution is -0.146.